The molecule has 2 aromatic carbocycles. The van der Waals surface area contributed by atoms with E-state index in [0.717, 1.165) is 11.3 Å². The highest BCUT2D eigenvalue weighted by molar-refractivity contribution is 6.32. The second-order valence-electron chi connectivity index (χ2n) is 4.24. The Bertz CT molecular complexity index is 594. The van der Waals surface area contributed by atoms with Crippen LogP contribution in [0.3, 0.4) is 0 Å². The Morgan fingerprint density at radius 2 is 1.84 bits per heavy atom. The highest BCUT2D eigenvalue weighted by Crippen LogP contribution is 2.30. The summed E-state index contributed by atoms with van der Waals surface area (Å²) in [6.07, 6.45) is 0. The average Bonchev–Trinajstić information content (AvgIpc) is 2.34. The van der Waals surface area contributed by atoms with E-state index in [9.17, 15) is 4.79 Å². The Hall–Kier alpha value is -2.00. The van der Waals surface area contributed by atoms with E-state index in [1.807, 2.05) is 25.1 Å². The molecule has 0 unspecified atom stereocenters. The fraction of sp³-hybridized carbons (Fsp3) is 0.133. The summed E-state index contributed by atoms with van der Waals surface area (Å²) in [4.78, 5) is 10.9. The van der Waals surface area contributed by atoms with Crippen LogP contribution in [-0.2, 0) is 4.79 Å². The van der Waals surface area contributed by atoms with Crippen molar-refractivity contribution < 1.29 is 9.53 Å². The predicted octanol–water partition coefficient (Wildman–Crippen LogP) is 4.40. The molecule has 1 N–H and O–H groups in total. The van der Waals surface area contributed by atoms with Gasteiger partial charge in [0.05, 0.1) is 5.02 Å². The minimum Gasteiger partial charge on any atom is -0.456 e. The van der Waals surface area contributed by atoms with Crippen molar-refractivity contribution in [1.82, 2.24) is 0 Å². The maximum atomic E-state index is 10.9. The molecule has 3 nitrogen and oxygen atoms in total. The van der Waals surface area contributed by atoms with E-state index in [0.29, 0.717) is 16.5 Å². The number of aryl methyl sites for hydroxylation is 1. The van der Waals surface area contributed by atoms with Gasteiger partial charge in [-0.15, -0.1) is 0 Å². The third-order valence-electron chi connectivity index (χ3n) is 2.49. The number of hydrogen-bond donors (Lipinski definition) is 1. The lowest BCUT2D eigenvalue weighted by Crippen LogP contribution is -2.05. The fourth-order valence-corrected chi connectivity index (χ4v) is 1.90. The zero-order valence-corrected chi connectivity index (χ0v) is 11.5. The Morgan fingerprint density at radius 1 is 1.16 bits per heavy atom. The van der Waals surface area contributed by atoms with Gasteiger partial charge in [0, 0.05) is 12.6 Å². The number of benzene rings is 2. The van der Waals surface area contributed by atoms with Gasteiger partial charge in [-0.05, 0) is 48.9 Å². The molecule has 2 rings (SSSR count). The van der Waals surface area contributed by atoms with E-state index in [1.165, 1.54) is 6.92 Å². The van der Waals surface area contributed by atoms with Crippen molar-refractivity contribution in [2.45, 2.75) is 13.8 Å². The molecule has 0 spiro atoms. The van der Waals surface area contributed by atoms with Crippen molar-refractivity contribution in [2.24, 2.45) is 0 Å². The smallest absolute Gasteiger partial charge is 0.221 e. The van der Waals surface area contributed by atoms with Crippen molar-refractivity contribution in [2.75, 3.05) is 5.32 Å². The monoisotopic (exact) mass is 275 g/mol. The van der Waals surface area contributed by atoms with E-state index >= 15 is 0 Å². The quantitative estimate of drug-likeness (QED) is 0.902. The Kier molecular flexibility index (Phi) is 4.07. The number of carbonyl (C=O) groups is 1. The first kappa shape index (κ1) is 13.4. The average molecular weight is 276 g/mol. The number of ether oxygens (including phenoxy) is 1. The van der Waals surface area contributed by atoms with Gasteiger partial charge in [0.1, 0.15) is 11.5 Å². The second kappa shape index (κ2) is 5.76. The molecule has 0 heterocycles. The summed E-state index contributed by atoms with van der Waals surface area (Å²) in [5.41, 5.74) is 1.81. The number of anilines is 1. The minimum atomic E-state index is -0.102. The zero-order valence-electron chi connectivity index (χ0n) is 10.7. The zero-order chi connectivity index (χ0) is 13.8. The first-order valence-electron chi connectivity index (χ1n) is 5.86. The van der Waals surface area contributed by atoms with Gasteiger partial charge < -0.3 is 10.1 Å². The highest BCUT2D eigenvalue weighted by Gasteiger charge is 2.03. The molecule has 0 aliphatic carbocycles. The molecule has 0 fully saturated rings. The van der Waals surface area contributed by atoms with Gasteiger partial charge in [-0.2, -0.15) is 0 Å². The van der Waals surface area contributed by atoms with Crippen LogP contribution in [0.5, 0.6) is 11.5 Å². The van der Waals surface area contributed by atoms with Crippen molar-refractivity contribution in [3.05, 3.63) is 53.1 Å². The van der Waals surface area contributed by atoms with Gasteiger partial charge in [0.25, 0.3) is 0 Å². The van der Waals surface area contributed by atoms with Crippen LogP contribution in [0.2, 0.25) is 5.02 Å². The van der Waals surface area contributed by atoms with Gasteiger partial charge in [-0.3, -0.25) is 4.79 Å². The number of halogens is 1. The number of amides is 1. The largest absolute Gasteiger partial charge is 0.456 e. The molecular formula is C15H14ClNO2. The van der Waals surface area contributed by atoms with Crippen molar-refractivity contribution >= 4 is 23.2 Å². The molecule has 98 valence electrons. The van der Waals surface area contributed by atoms with E-state index in [-0.39, 0.29) is 5.91 Å². The molecule has 0 atom stereocenters. The molecule has 19 heavy (non-hydrogen) atoms. The van der Waals surface area contributed by atoms with Crippen LogP contribution in [0.25, 0.3) is 0 Å². The maximum absolute atomic E-state index is 10.9. The van der Waals surface area contributed by atoms with Crippen LogP contribution >= 0.6 is 11.6 Å². The predicted molar refractivity (Wildman–Crippen MR) is 77.0 cm³/mol. The van der Waals surface area contributed by atoms with E-state index < -0.39 is 0 Å². The van der Waals surface area contributed by atoms with Gasteiger partial charge in [0.2, 0.25) is 5.91 Å². The van der Waals surface area contributed by atoms with Gasteiger partial charge >= 0.3 is 0 Å². The number of carbonyl (C=O) groups excluding carboxylic acids is 1. The summed E-state index contributed by atoms with van der Waals surface area (Å²) in [6, 6.07) is 12.7. The van der Waals surface area contributed by atoms with Gasteiger partial charge in [-0.1, -0.05) is 17.7 Å². The lowest BCUT2D eigenvalue weighted by Gasteiger charge is -2.09. The normalized spacial score (nSPS) is 10.1. The second-order valence-corrected chi connectivity index (χ2v) is 4.65. The van der Waals surface area contributed by atoms with E-state index in [2.05, 4.69) is 5.32 Å². The van der Waals surface area contributed by atoms with Crippen LogP contribution in [0.4, 0.5) is 5.69 Å². The molecule has 4 heteroatoms. The third kappa shape index (κ3) is 3.73. The molecule has 0 saturated carbocycles. The van der Waals surface area contributed by atoms with Gasteiger partial charge in [0.15, 0.2) is 0 Å². The fourth-order valence-electron chi connectivity index (χ4n) is 1.63. The van der Waals surface area contributed by atoms with Crippen LogP contribution in [0.15, 0.2) is 42.5 Å². The van der Waals surface area contributed by atoms with Crippen molar-refractivity contribution in [1.29, 1.82) is 0 Å². The molecule has 1 amide bonds. The Balaban J connectivity index is 2.13. The van der Waals surface area contributed by atoms with Crippen molar-refractivity contribution in [3.8, 4) is 11.5 Å². The Labute approximate surface area is 117 Å². The molecule has 0 aliphatic heterocycles. The molecular weight excluding hydrogens is 262 g/mol. The number of rotatable bonds is 3. The van der Waals surface area contributed by atoms with E-state index in [1.54, 1.807) is 24.3 Å². The molecule has 0 saturated heterocycles. The Morgan fingerprint density at radius 3 is 2.42 bits per heavy atom. The molecule has 0 aliphatic rings. The lowest BCUT2D eigenvalue weighted by atomic mass is 10.2. The topological polar surface area (TPSA) is 38.3 Å². The highest BCUT2D eigenvalue weighted by atomic mass is 35.5. The summed E-state index contributed by atoms with van der Waals surface area (Å²) in [5, 5.41) is 3.27. The molecule has 0 radical (unpaired) electrons. The first-order valence-corrected chi connectivity index (χ1v) is 6.24. The van der Waals surface area contributed by atoms with Crippen LogP contribution in [-0.4, -0.2) is 5.91 Å². The summed E-state index contributed by atoms with van der Waals surface area (Å²) < 4.78 is 5.68. The first-order chi connectivity index (χ1) is 9.04. The standard InChI is InChI=1S/C15H14ClNO2/c1-10-3-8-15(14(16)9-10)19-13-6-4-12(5-7-13)17-11(2)18/h3-9H,1-2H3,(H,17,18). The van der Waals surface area contributed by atoms with Crippen LogP contribution < -0.4 is 10.1 Å². The molecule has 2 aromatic rings. The number of nitrogens with one attached hydrogen (secondary N) is 1. The van der Waals surface area contributed by atoms with Crippen LogP contribution in [0.1, 0.15) is 12.5 Å². The van der Waals surface area contributed by atoms with Gasteiger partial charge in [-0.25, -0.2) is 0 Å². The molecule has 0 aromatic heterocycles. The summed E-state index contributed by atoms with van der Waals surface area (Å²) in [6.45, 7) is 3.44. The minimum absolute atomic E-state index is 0.102. The number of hydrogen-bond acceptors (Lipinski definition) is 2. The maximum Gasteiger partial charge on any atom is 0.221 e. The van der Waals surface area contributed by atoms with Crippen LogP contribution in [0, 0.1) is 6.92 Å². The summed E-state index contributed by atoms with van der Waals surface area (Å²) in [7, 11) is 0. The summed E-state index contributed by atoms with van der Waals surface area (Å²) in [5.74, 6) is 1.18. The molecule has 0 bridgehead atoms. The van der Waals surface area contributed by atoms with Crippen molar-refractivity contribution in [3.63, 3.8) is 0 Å². The summed E-state index contributed by atoms with van der Waals surface area (Å²) >= 11 is 6.10. The lowest BCUT2D eigenvalue weighted by molar-refractivity contribution is -0.114. The third-order valence-corrected chi connectivity index (χ3v) is 2.79. The SMILES string of the molecule is CC(=O)Nc1ccc(Oc2ccc(C)cc2Cl)cc1. The van der Waals surface area contributed by atoms with E-state index in [4.69, 9.17) is 16.3 Å².